The molecule has 34 heavy (non-hydrogen) atoms. The van der Waals surface area contributed by atoms with E-state index >= 15 is 0 Å². The molecule has 0 spiro atoms. The molecule has 1 aliphatic heterocycles. The molecule has 1 heterocycles. The van der Waals surface area contributed by atoms with Gasteiger partial charge in [-0.05, 0) is 31.4 Å². The number of benzene rings is 1. The maximum Gasteiger partial charge on any atom is 0.356 e. The molecule has 0 saturated carbocycles. The smallest absolute Gasteiger partial charge is 0.356 e. The summed E-state index contributed by atoms with van der Waals surface area (Å²) in [6.07, 6.45) is 1.75. The number of hydrogen-bond acceptors (Lipinski definition) is 8. The van der Waals surface area contributed by atoms with Crippen LogP contribution in [0.25, 0.3) is 0 Å². The van der Waals surface area contributed by atoms with E-state index in [4.69, 9.17) is 28.0 Å². The Kier molecular flexibility index (Phi) is 11.1. The Labute approximate surface area is 205 Å². The second-order valence-corrected chi connectivity index (χ2v) is 17.2. The lowest BCUT2D eigenvalue weighted by Crippen LogP contribution is -2.23. The SMILES string of the molecule is CCCOP(=O)(COCCc1c(OC)c(C)c2c(c1OCC[Si](C)(C)C)C(=O)OC2)OCCC. The summed E-state index contributed by atoms with van der Waals surface area (Å²) in [5.74, 6) is 0.794. The molecule has 0 atom stereocenters. The van der Waals surface area contributed by atoms with Crippen LogP contribution in [-0.4, -0.2) is 53.9 Å². The minimum Gasteiger partial charge on any atom is -0.496 e. The predicted molar refractivity (Wildman–Crippen MR) is 135 cm³/mol. The standard InChI is InChI=1S/C24H41O8PSi/c1-8-11-31-33(26,32-12-9-2)17-28-13-10-19-22(27-4)18(3)20-16-30-24(25)21(20)23(19)29-14-15-34(5,6)7/h8-17H2,1-7H3. The van der Waals surface area contributed by atoms with Crippen molar-refractivity contribution in [2.75, 3.05) is 39.9 Å². The normalized spacial score (nSPS) is 13.7. The van der Waals surface area contributed by atoms with Gasteiger partial charge >= 0.3 is 13.6 Å². The van der Waals surface area contributed by atoms with Crippen LogP contribution in [0.1, 0.15) is 53.7 Å². The monoisotopic (exact) mass is 516 g/mol. The Morgan fingerprint density at radius 1 is 1.00 bits per heavy atom. The van der Waals surface area contributed by atoms with Crippen molar-refractivity contribution in [1.82, 2.24) is 0 Å². The van der Waals surface area contributed by atoms with Gasteiger partial charge in [0.1, 0.15) is 30.0 Å². The number of fused-ring (bicyclic) bond motifs is 1. The highest BCUT2D eigenvalue weighted by molar-refractivity contribution is 7.53. The molecule has 0 aromatic heterocycles. The third-order valence-electron chi connectivity index (χ3n) is 5.45. The maximum atomic E-state index is 12.9. The van der Waals surface area contributed by atoms with Crippen molar-refractivity contribution in [3.63, 3.8) is 0 Å². The second-order valence-electron chi connectivity index (χ2n) is 9.62. The Bertz CT molecular complexity index is 869. The molecule has 0 unspecified atom stereocenters. The molecular formula is C24H41O8PSi. The fourth-order valence-corrected chi connectivity index (χ4v) is 5.81. The van der Waals surface area contributed by atoms with E-state index in [2.05, 4.69) is 19.6 Å². The van der Waals surface area contributed by atoms with Crippen LogP contribution < -0.4 is 9.47 Å². The van der Waals surface area contributed by atoms with Gasteiger partial charge in [0.15, 0.2) is 0 Å². The van der Waals surface area contributed by atoms with E-state index in [0.29, 0.717) is 43.3 Å². The molecule has 8 nitrogen and oxygen atoms in total. The van der Waals surface area contributed by atoms with Gasteiger partial charge in [-0.1, -0.05) is 33.5 Å². The van der Waals surface area contributed by atoms with E-state index in [0.717, 1.165) is 35.6 Å². The number of rotatable bonds is 16. The van der Waals surface area contributed by atoms with Crippen molar-refractivity contribution in [2.45, 2.75) is 72.3 Å². The lowest BCUT2D eigenvalue weighted by atomic mass is 9.95. The Morgan fingerprint density at radius 2 is 1.65 bits per heavy atom. The predicted octanol–water partition coefficient (Wildman–Crippen LogP) is 5.95. The first-order valence-corrected chi connectivity index (χ1v) is 17.5. The number of hydrogen-bond donors (Lipinski definition) is 0. The Balaban J connectivity index is 2.23. The third-order valence-corrected chi connectivity index (χ3v) is 8.81. The summed E-state index contributed by atoms with van der Waals surface area (Å²) in [4.78, 5) is 12.6. The summed E-state index contributed by atoms with van der Waals surface area (Å²) in [5, 5.41) is 0. The number of carbonyl (C=O) groups excluding carboxylic acids is 1. The van der Waals surface area contributed by atoms with Gasteiger partial charge in [-0.15, -0.1) is 0 Å². The van der Waals surface area contributed by atoms with E-state index in [1.54, 1.807) is 7.11 Å². The Hall–Kier alpha value is -1.38. The summed E-state index contributed by atoms with van der Waals surface area (Å²) in [5.41, 5.74) is 2.90. The largest absolute Gasteiger partial charge is 0.496 e. The summed E-state index contributed by atoms with van der Waals surface area (Å²) in [7, 11) is -3.06. The zero-order chi connectivity index (χ0) is 25.4. The van der Waals surface area contributed by atoms with Gasteiger partial charge in [-0.25, -0.2) is 4.79 Å². The van der Waals surface area contributed by atoms with Crippen molar-refractivity contribution in [1.29, 1.82) is 0 Å². The minimum absolute atomic E-state index is 0.132. The van der Waals surface area contributed by atoms with E-state index in [-0.39, 0.29) is 25.5 Å². The van der Waals surface area contributed by atoms with Crippen molar-refractivity contribution in [3.05, 3.63) is 22.3 Å². The number of methoxy groups -OCH3 is 1. The molecule has 1 aliphatic rings. The first-order valence-electron chi connectivity index (χ1n) is 12.0. The molecule has 0 fully saturated rings. The number of ether oxygens (including phenoxy) is 4. The quantitative estimate of drug-likeness (QED) is 0.115. The molecule has 0 amide bonds. The molecule has 194 valence electrons. The molecule has 10 heteroatoms. The van der Waals surface area contributed by atoms with Crippen LogP contribution in [0.2, 0.25) is 25.7 Å². The second kappa shape index (κ2) is 13.1. The van der Waals surface area contributed by atoms with Gasteiger partial charge in [0.25, 0.3) is 0 Å². The fourth-order valence-electron chi connectivity index (χ4n) is 3.59. The van der Waals surface area contributed by atoms with Gasteiger partial charge in [0.2, 0.25) is 0 Å². The van der Waals surface area contributed by atoms with Gasteiger partial charge < -0.3 is 28.0 Å². The molecule has 0 bridgehead atoms. The highest BCUT2D eigenvalue weighted by atomic mass is 31.2. The number of cyclic esters (lactones) is 1. The first-order chi connectivity index (χ1) is 16.1. The van der Waals surface area contributed by atoms with Crippen LogP contribution in [0.3, 0.4) is 0 Å². The topological polar surface area (TPSA) is 89.5 Å². The molecule has 0 radical (unpaired) electrons. The molecular weight excluding hydrogens is 475 g/mol. The van der Waals surface area contributed by atoms with Crippen molar-refractivity contribution < 1.29 is 37.4 Å². The summed E-state index contributed by atoms with van der Waals surface area (Å²) in [6, 6.07) is 0.954. The lowest BCUT2D eigenvalue weighted by molar-refractivity contribution is 0.0532. The van der Waals surface area contributed by atoms with E-state index in [9.17, 15) is 9.36 Å². The van der Waals surface area contributed by atoms with Crippen LogP contribution in [0.5, 0.6) is 11.5 Å². The molecule has 0 aliphatic carbocycles. The van der Waals surface area contributed by atoms with Crippen molar-refractivity contribution in [2.24, 2.45) is 0 Å². The number of carbonyl (C=O) groups is 1. The third kappa shape index (κ3) is 7.82. The highest BCUT2D eigenvalue weighted by Crippen LogP contribution is 2.48. The zero-order valence-corrected chi connectivity index (χ0v) is 23.7. The number of esters is 1. The molecule has 2 rings (SSSR count). The molecule has 1 aromatic carbocycles. The van der Waals surface area contributed by atoms with Crippen molar-refractivity contribution >= 4 is 21.6 Å². The zero-order valence-electron chi connectivity index (χ0n) is 21.8. The van der Waals surface area contributed by atoms with Gasteiger partial charge in [-0.2, -0.15) is 0 Å². The molecule has 0 saturated heterocycles. The average molecular weight is 517 g/mol. The summed E-state index contributed by atoms with van der Waals surface area (Å²) >= 11 is 0. The summed E-state index contributed by atoms with van der Waals surface area (Å²) in [6.45, 7) is 14.3. The molecule has 1 aromatic rings. The van der Waals surface area contributed by atoms with Crippen LogP contribution >= 0.6 is 7.60 Å². The lowest BCUT2D eigenvalue weighted by Gasteiger charge is -2.22. The van der Waals surface area contributed by atoms with E-state index in [1.807, 2.05) is 20.8 Å². The van der Waals surface area contributed by atoms with Crippen LogP contribution in [0.15, 0.2) is 0 Å². The van der Waals surface area contributed by atoms with Crippen LogP contribution in [0.4, 0.5) is 0 Å². The molecule has 0 N–H and O–H groups in total. The fraction of sp³-hybridized carbons (Fsp3) is 0.708. The van der Waals surface area contributed by atoms with Crippen LogP contribution in [-0.2, 0) is 36.1 Å². The summed E-state index contributed by atoms with van der Waals surface area (Å²) < 4.78 is 46.9. The van der Waals surface area contributed by atoms with Gasteiger partial charge in [0, 0.05) is 25.6 Å². The van der Waals surface area contributed by atoms with E-state index in [1.165, 1.54) is 0 Å². The Morgan fingerprint density at radius 3 is 2.21 bits per heavy atom. The van der Waals surface area contributed by atoms with Gasteiger partial charge in [0.05, 0.1) is 33.5 Å². The maximum absolute atomic E-state index is 12.9. The van der Waals surface area contributed by atoms with Crippen LogP contribution in [0, 0.1) is 6.92 Å². The van der Waals surface area contributed by atoms with Gasteiger partial charge in [-0.3, -0.25) is 4.57 Å². The highest BCUT2D eigenvalue weighted by Gasteiger charge is 2.33. The minimum atomic E-state index is -3.33. The van der Waals surface area contributed by atoms with E-state index < -0.39 is 15.7 Å². The first kappa shape index (κ1) is 28.9. The average Bonchev–Trinajstić information content (AvgIpc) is 3.17. The van der Waals surface area contributed by atoms with Crippen molar-refractivity contribution in [3.8, 4) is 11.5 Å².